The first kappa shape index (κ1) is 15.8. The number of anilines is 2. The van der Waals surface area contributed by atoms with Crippen molar-refractivity contribution in [3.8, 4) is 6.07 Å². The van der Waals surface area contributed by atoms with E-state index >= 15 is 0 Å². The maximum Gasteiger partial charge on any atom is 0.267 e. The van der Waals surface area contributed by atoms with Gasteiger partial charge in [0.1, 0.15) is 11.6 Å². The van der Waals surface area contributed by atoms with Gasteiger partial charge >= 0.3 is 0 Å². The number of halogens is 1. The van der Waals surface area contributed by atoms with Crippen molar-refractivity contribution in [3.63, 3.8) is 0 Å². The molecule has 0 fully saturated rings. The number of nitrogens with one attached hydrogen (secondary N) is 2. The first-order valence-corrected chi connectivity index (χ1v) is 7.39. The van der Waals surface area contributed by atoms with Gasteiger partial charge in [-0.05, 0) is 42.8 Å². The number of rotatable bonds is 4. The minimum absolute atomic E-state index is 0.00571. The fourth-order valence-electron chi connectivity index (χ4n) is 1.81. The fourth-order valence-corrected chi connectivity index (χ4v) is 2.28. The van der Waals surface area contributed by atoms with E-state index in [4.69, 9.17) is 5.26 Å². The van der Waals surface area contributed by atoms with Crippen molar-refractivity contribution < 1.29 is 4.79 Å². The van der Waals surface area contributed by atoms with Gasteiger partial charge in [0.25, 0.3) is 5.91 Å². The highest BCUT2D eigenvalue weighted by Gasteiger charge is 2.09. The van der Waals surface area contributed by atoms with Gasteiger partial charge in [0.15, 0.2) is 0 Å². The van der Waals surface area contributed by atoms with Crippen molar-refractivity contribution in [3.05, 3.63) is 70.3 Å². The Morgan fingerprint density at radius 1 is 1.23 bits per heavy atom. The van der Waals surface area contributed by atoms with Gasteiger partial charge in [0, 0.05) is 22.0 Å². The van der Waals surface area contributed by atoms with Gasteiger partial charge in [-0.1, -0.05) is 34.1 Å². The topological polar surface area (TPSA) is 64.9 Å². The summed E-state index contributed by atoms with van der Waals surface area (Å²) in [4.78, 5) is 12.1. The molecule has 2 N–H and O–H groups in total. The second kappa shape index (κ2) is 7.43. The number of para-hydroxylation sites is 1. The molecule has 0 unspecified atom stereocenters. The zero-order valence-electron chi connectivity index (χ0n) is 11.9. The second-order valence-electron chi connectivity index (χ2n) is 4.59. The normalized spacial score (nSPS) is 10.7. The minimum Gasteiger partial charge on any atom is -0.360 e. The summed E-state index contributed by atoms with van der Waals surface area (Å²) in [6.45, 7) is 1.94. The Labute approximate surface area is 137 Å². The number of aryl methyl sites for hydroxylation is 1. The molecule has 22 heavy (non-hydrogen) atoms. The molecule has 0 saturated heterocycles. The molecule has 0 saturated carbocycles. The molecule has 0 aliphatic carbocycles. The zero-order chi connectivity index (χ0) is 15.9. The molecule has 4 nitrogen and oxygen atoms in total. The van der Waals surface area contributed by atoms with Crippen LogP contribution >= 0.6 is 15.9 Å². The summed E-state index contributed by atoms with van der Waals surface area (Å²) in [5.41, 5.74) is 2.49. The summed E-state index contributed by atoms with van der Waals surface area (Å²) in [7, 11) is 0. The number of carbonyl (C=O) groups is 1. The Hall–Kier alpha value is -2.58. The minimum atomic E-state index is -0.448. The number of hydrogen-bond donors (Lipinski definition) is 2. The van der Waals surface area contributed by atoms with Crippen molar-refractivity contribution in [2.24, 2.45) is 0 Å². The van der Waals surface area contributed by atoms with Gasteiger partial charge in [-0.25, -0.2) is 0 Å². The Balaban J connectivity index is 2.10. The lowest BCUT2D eigenvalue weighted by Crippen LogP contribution is -2.14. The van der Waals surface area contributed by atoms with E-state index in [2.05, 4.69) is 26.6 Å². The Kier molecular flexibility index (Phi) is 5.34. The molecule has 2 rings (SSSR count). The van der Waals surface area contributed by atoms with Crippen molar-refractivity contribution in [2.45, 2.75) is 6.92 Å². The quantitative estimate of drug-likeness (QED) is 0.637. The van der Waals surface area contributed by atoms with Crippen LogP contribution < -0.4 is 10.6 Å². The number of hydrogen-bond acceptors (Lipinski definition) is 3. The first-order chi connectivity index (χ1) is 10.6. The van der Waals surface area contributed by atoms with Crippen LogP contribution in [-0.4, -0.2) is 5.91 Å². The predicted octanol–water partition coefficient (Wildman–Crippen LogP) is 4.22. The van der Waals surface area contributed by atoms with Crippen LogP contribution in [0.1, 0.15) is 5.56 Å². The van der Waals surface area contributed by atoms with E-state index in [9.17, 15) is 4.79 Å². The standard InChI is InChI=1S/C17H14BrN3O/c1-12-9-14(18)7-8-16(12)20-11-13(10-19)17(22)21-15-5-3-2-4-6-15/h2-9,11,20H,1H3,(H,21,22)/b13-11+. The van der Waals surface area contributed by atoms with Gasteiger partial charge in [0.05, 0.1) is 0 Å². The Bertz CT molecular complexity index is 748. The molecule has 1 amide bonds. The predicted molar refractivity (Wildman–Crippen MR) is 91.3 cm³/mol. The Morgan fingerprint density at radius 3 is 2.59 bits per heavy atom. The summed E-state index contributed by atoms with van der Waals surface area (Å²) in [5, 5.41) is 14.8. The maximum absolute atomic E-state index is 12.1. The Morgan fingerprint density at radius 2 is 1.95 bits per heavy atom. The highest BCUT2D eigenvalue weighted by atomic mass is 79.9. The van der Waals surface area contributed by atoms with Crippen LogP contribution in [0.2, 0.25) is 0 Å². The first-order valence-electron chi connectivity index (χ1n) is 6.59. The zero-order valence-corrected chi connectivity index (χ0v) is 13.5. The highest BCUT2D eigenvalue weighted by Crippen LogP contribution is 2.20. The summed E-state index contributed by atoms with van der Waals surface area (Å²) >= 11 is 3.39. The number of nitriles is 1. The molecule has 5 heteroatoms. The van der Waals surface area contributed by atoms with Crippen LogP contribution in [0.15, 0.2) is 64.8 Å². The lowest BCUT2D eigenvalue weighted by Gasteiger charge is -2.07. The van der Waals surface area contributed by atoms with Crippen LogP contribution in [0.4, 0.5) is 11.4 Å². The third-order valence-electron chi connectivity index (χ3n) is 2.96. The SMILES string of the molecule is Cc1cc(Br)ccc1N/C=C(\C#N)C(=O)Nc1ccccc1. The molecule has 0 bridgehead atoms. The van der Waals surface area contributed by atoms with E-state index in [1.165, 1.54) is 6.20 Å². The molecule has 0 aromatic heterocycles. The van der Waals surface area contributed by atoms with Gasteiger partial charge in [-0.2, -0.15) is 5.26 Å². The lowest BCUT2D eigenvalue weighted by molar-refractivity contribution is -0.112. The third-order valence-corrected chi connectivity index (χ3v) is 3.45. The summed E-state index contributed by atoms with van der Waals surface area (Å²) in [6.07, 6.45) is 1.41. The number of benzene rings is 2. The molecule has 0 heterocycles. The smallest absolute Gasteiger partial charge is 0.267 e. The highest BCUT2D eigenvalue weighted by molar-refractivity contribution is 9.10. The molecule has 0 radical (unpaired) electrons. The average molecular weight is 356 g/mol. The number of amides is 1. The van der Waals surface area contributed by atoms with Crippen LogP contribution in [-0.2, 0) is 4.79 Å². The third kappa shape index (κ3) is 4.21. The largest absolute Gasteiger partial charge is 0.360 e. The van der Waals surface area contributed by atoms with E-state index in [-0.39, 0.29) is 5.57 Å². The van der Waals surface area contributed by atoms with E-state index in [0.717, 1.165) is 15.7 Å². The van der Waals surface area contributed by atoms with Crippen LogP contribution in [0.5, 0.6) is 0 Å². The van der Waals surface area contributed by atoms with E-state index < -0.39 is 5.91 Å². The van der Waals surface area contributed by atoms with E-state index in [1.54, 1.807) is 12.1 Å². The maximum atomic E-state index is 12.1. The van der Waals surface area contributed by atoms with Crippen LogP contribution in [0.25, 0.3) is 0 Å². The average Bonchev–Trinajstić information content (AvgIpc) is 2.50. The molecule has 110 valence electrons. The van der Waals surface area contributed by atoms with E-state index in [0.29, 0.717) is 5.69 Å². The molecule has 0 spiro atoms. The van der Waals surface area contributed by atoms with Crippen LogP contribution in [0, 0.1) is 18.3 Å². The van der Waals surface area contributed by atoms with Gasteiger partial charge in [-0.15, -0.1) is 0 Å². The van der Waals surface area contributed by atoms with Gasteiger partial charge in [0.2, 0.25) is 0 Å². The van der Waals surface area contributed by atoms with Crippen LogP contribution in [0.3, 0.4) is 0 Å². The molecule has 0 aliphatic heterocycles. The summed E-state index contributed by atoms with van der Waals surface area (Å²) in [5.74, 6) is -0.448. The van der Waals surface area contributed by atoms with Crippen molar-refractivity contribution in [2.75, 3.05) is 10.6 Å². The monoisotopic (exact) mass is 355 g/mol. The van der Waals surface area contributed by atoms with Crippen molar-refractivity contribution >= 4 is 33.2 Å². The second-order valence-corrected chi connectivity index (χ2v) is 5.51. The summed E-state index contributed by atoms with van der Waals surface area (Å²) in [6, 6.07) is 16.6. The van der Waals surface area contributed by atoms with Crippen molar-refractivity contribution in [1.82, 2.24) is 0 Å². The van der Waals surface area contributed by atoms with E-state index in [1.807, 2.05) is 49.4 Å². The molecular formula is C17H14BrN3O. The number of nitrogens with zero attached hydrogens (tertiary/aromatic N) is 1. The lowest BCUT2D eigenvalue weighted by atomic mass is 10.2. The molecule has 0 aliphatic rings. The van der Waals surface area contributed by atoms with Gasteiger partial charge < -0.3 is 10.6 Å². The molecule has 2 aromatic carbocycles. The van der Waals surface area contributed by atoms with Gasteiger partial charge in [-0.3, -0.25) is 4.79 Å². The molecular weight excluding hydrogens is 342 g/mol. The number of carbonyl (C=O) groups excluding carboxylic acids is 1. The van der Waals surface area contributed by atoms with Crippen molar-refractivity contribution in [1.29, 1.82) is 5.26 Å². The fraction of sp³-hybridized carbons (Fsp3) is 0.0588. The molecule has 2 aromatic rings. The summed E-state index contributed by atoms with van der Waals surface area (Å²) < 4.78 is 0.974. The molecule has 0 atom stereocenters.